The van der Waals surface area contributed by atoms with Crippen molar-refractivity contribution in [2.24, 2.45) is 0 Å². The molecule has 9 nitrogen and oxygen atoms in total. The molecule has 0 fully saturated rings. The highest BCUT2D eigenvalue weighted by atomic mass is 14.9. The Labute approximate surface area is 400 Å². The third-order valence-electron chi connectivity index (χ3n) is 15.5. The average molecular weight is 900 g/mol. The standard InChI is InChI=1S/C59H65N9/c1-11-32-36(15-5)56-48-50-30(9)28-46(63-50)40-22-19-23-41(60-40)47-29-31(10)51(64-47)49(58-38(17-7)34(13-3)53(67-58)43-25-20-24-42(61-43)52(32)65-56)59-39(18-8)35(14-4)55(68-59)45-27-21-26-44(62-45)54-33(12-2)37(16-6)57(48)66-54/h19-29,48-49,63-68H,11-18H2,1-10H3. The van der Waals surface area contributed by atoms with Crippen LogP contribution in [0.3, 0.4) is 0 Å². The predicted molar refractivity (Wildman–Crippen MR) is 278 cm³/mol. The van der Waals surface area contributed by atoms with Gasteiger partial charge in [-0.2, -0.15) is 0 Å². The van der Waals surface area contributed by atoms with Crippen molar-refractivity contribution < 1.29 is 0 Å². The molecule has 0 saturated heterocycles. The number of pyridine rings is 3. The Morgan fingerprint density at radius 2 is 0.574 bits per heavy atom. The van der Waals surface area contributed by atoms with Gasteiger partial charge in [-0.25, -0.2) is 15.0 Å². The number of hydrogen-bond donors (Lipinski definition) is 6. The minimum Gasteiger partial charge on any atom is -0.356 e. The third-order valence-corrected chi connectivity index (χ3v) is 15.5. The lowest BCUT2D eigenvalue weighted by atomic mass is 9.87. The van der Waals surface area contributed by atoms with Gasteiger partial charge >= 0.3 is 0 Å². The largest absolute Gasteiger partial charge is 0.356 e. The lowest BCUT2D eigenvalue weighted by molar-refractivity contribution is 0.823. The van der Waals surface area contributed by atoms with Gasteiger partial charge in [0.15, 0.2) is 0 Å². The van der Waals surface area contributed by atoms with Gasteiger partial charge < -0.3 is 29.9 Å². The van der Waals surface area contributed by atoms with E-state index in [1.165, 1.54) is 78.4 Å². The fraction of sp³-hybridized carbons (Fsp3) is 0.339. The molecule has 0 saturated carbocycles. The Morgan fingerprint density at radius 1 is 0.324 bits per heavy atom. The molecule has 12 rings (SSSR count). The predicted octanol–water partition coefficient (Wildman–Crippen LogP) is 13.9. The van der Waals surface area contributed by atoms with Gasteiger partial charge in [-0.15, -0.1) is 0 Å². The molecule has 0 radical (unpaired) electrons. The van der Waals surface area contributed by atoms with E-state index in [9.17, 15) is 0 Å². The number of rotatable bonds is 8. The van der Waals surface area contributed by atoms with Crippen LogP contribution in [0.15, 0.2) is 66.7 Å². The fourth-order valence-electron chi connectivity index (χ4n) is 12.5. The lowest BCUT2D eigenvalue weighted by Crippen LogP contribution is -2.11. The molecule has 3 aliphatic rings. The normalized spacial score (nSPS) is 14.8. The van der Waals surface area contributed by atoms with Gasteiger partial charge in [0.05, 0.1) is 80.2 Å². The number of nitrogens with one attached hydrogen (secondary N) is 6. The summed E-state index contributed by atoms with van der Waals surface area (Å²) in [6.45, 7) is 22.9. The van der Waals surface area contributed by atoms with Gasteiger partial charge in [0.25, 0.3) is 0 Å². The fourth-order valence-corrected chi connectivity index (χ4v) is 12.5. The smallest absolute Gasteiger partial charge is 0.0875 e. The van der Waals surface area contributed by atoms with E-state index >= 15 is 0 Å². The lowest BCUT2D eigenvalue weighted by Gasteiger charge is -2.20. The van der Waals surface area contributed by atoms with Crippen LogP contribution in [-0.2, 0) is 51.4 Å². The summed E-state index contributed by atoms with van der Waals surface area (Å²) in [6, 6.07) is 24.2. The number of H-pyrrole nitrogens is 6. The van der Waals surface area contributed by atoms with Crippen molar-refractivity contribution >= 4 is 0 Å². The Bertz CT molecular complexity index is 3020. The molecule has 0 unspecified atom stereocenters. The number of aromatic amines is 6. The molecule has 12 heterocycles. The molecule has 0 amide bonds. The van der Waals surface area contributed by atoms with Crippen LogP contribution >= 0.6 is 0 Å². The topological polar surface area (TPSA) is 133 Å². The van der Waals surface area contributed by atoms with Gasteiger partial charge in [-0.05, 0) is 169 Å². The number of nitrogens with zero attached hydrogens (tertiary/aromatic N) is 3. The van der Waals surface area contributed by atoms with Crippen LogP contribution < -0.4 is 0 Å². The zero-order valence-electron chi connectivity index (χ0n) is 41.5. The van der Waals surface area contributed by atoms with Crippen LogP contribution in [0.25, 0.3) is 68.3 Å². The van der Waals surface area contributed by atoms with Crippen molar-refractivity contribution in [1.29, 1.82) is 0 Å². The second kappa shape index (κ2) is 17.0. The Balaban J connectivity index is 1.37. The monoisotopic (exact) mass is 900 g/mol. The van der Waals surface area contributed by atoms with Crippen LogP contribution in [0.5, 0.6) is 0 Å². The van der Waals surface area contributed by atoms with Gasteiger partial charge in [-0.3, -0.25) is 0 Å². The van der Waals surface area contributed by atoms with E-state index in [1.807, 2.05) is 0 Å². The van der Waals surface area contributed by atoms with Crippen molar-refractivity contribution in [3.05, 3.63) is 157 Å². The van der Waals surface area contributed by atoms with E-state index in [4.69, 9.17) is 15.0 Å². The Morgan fingerprint density at radius 3 is 0.838 bits per heavy atom. The van der Waals surface area contributed by atoms with Gasteiger partial charge in [0.1, 0.15) is 0 Å². The molecule has 9 aromatic rings. The first-order chi connectivity index (χ1) is 33.2. The summed E-state index contributed by atoms with van der Waals surface area (Å²) in [7, 11) is 0. The summed E-state index contributed by atoms with van der Waals surface area (Å²) >= 11 is 0. The summed E-state index contributed by atoms with van der Waals surface area (Å²) in [5, 5.41) is 0. The molecule has 0 aromatic carbocycles. The first kappa shape index (κ1) is 43.7. The minimum absolute atomic E-state index is 0.183. The van der Waals surface area contributed by atoms with Crippen molar-refractivity contribution in [3.8, 4) is 68.3 Å². The van der Waals surface area contributed by atoms with Crippen LogP contribution in [0.2, 0.25) is 0 Å². The summed E-state index contributed by atoms with van der Waals surface area (Å²) < 4.78 is 0. The summed E-state index contributed by atoms with van der Waals surface area (Å²) in [5.41, 5.74) is 32.1. The molecule has 0 aliphatic carbocycles. The second-order valence-corrected chi connectivity index (χ2v) is 19.0. The average Bonchev–Trinajstić information content (AvgIpc) is 4.23. The van der Waals surface area contributed by atoms with Crippen molar-refractivity contribution in [3.63, 3.8) is 0 Å². The zero-order valence-corrected chi connectivity index (χ0v) is 41.5. The molecule has 346 valence electrons. The third kappa shape index (κ3) is 6.51. The molecule has 9 heteroatoms. The maximum Gasteiger partial charge on any atom is 0.0875 e. The van der Waals surface area contributed by atoms with Crippen LogP contribution in [0.1, 0.15) is 157 Å². The van der Waals surface area contributed by atoms with Crippen LogP contribution in [-0.4, -0.2) is 44.9 Å². The summed E-state index contributed by atoms with van der Waals surface area (Å²) in [6.07, 6.45) is 6.97. The van der Waals surface area contributed by atoms with Gasteiger partial charge in [-0.1, -0.05) is 73.6 Å². The summed E-state index contributed by atoms with van der Waals surface area (Å²) in [5.74, 6) is -0.366. The number of aromatic nitrogens is 9. The molecular formula is C59H65N9. The van der Waals surface area contributed by atoms with E-state index in [2.05, 4.69) is 166 Å². The molecular weight excluding hydrogens is 835 g/mol. The van der Waals surface area contributed by atoms with E-state index in [-0.39, 0.29) is 11.8 Å². The van der Waals surface area contributed by atoms with E-state index in [1.54, 1.807) is 0 Å². The highest BCUT2D eigenvalue weighted by Gasteiger charge is 2.36. The Kier molecular flexibility index (Phi) is 10.9. The van der Waals surface area contributed by atoms with E-state index in [0.717, 1.165) is 131 Å². The molecule has 20 bridgehead atoms. The minimum atomic E-state index is -0.183. The second-order valence-electron chi connectivity index (χ2n) is 19.0. The maximum atomic E-state index is 5.66. The molecule has 0 spiro atoms. The first-order valence-corrected chi connectivity index (χ1v) is 25.4. The number of aryl methyl sites for hydroxylation is 2. The molecule has 68 heavy (non-hydrogen) atoms. The summed E-state index contributed by atoms with van der Waals surface area (Å²) in [4.78, 5) is 41.5. The van der Waals surface area contributed by atoms with E-state index < -0.39 is 0 Å². The van der Waals surface area contributed by atoms with Crippen molar-refractivity contribution in [1.82, 2.24) is 44.9 Å². The highest BCUT2D eigenvalue weighted by Crippen LogP contribution is 2.47. The van der Waals surface area contributed by atoms with Crippen molar-refractivity contribution in [2.45, 2.75) is 132 Å². The van der Waals surface area contributed by atoms with Crippen molar-refractivity contribution in [2.75, 3.05) is 0 Å². The van der Waals surface area contributed by atoms with Gasteiger partial charge in [0.2, 0.25) is 0 Å². The molecule has 0 atom stereocenters. The molecule has 3 aliphatic heterocycles. The van der Waals surface area contributed by atoms with Gasteiger partial charge in [0, 0.05) is 34.2 Å². The zero-order chi connectivity index (χ0) is 47.1. The highest BCUT2D eigenvalue weighted by molar-refractivity contribution is 5.75. The van der Waals surface area contributed by atoms with Crippen LogP contribution in [0, 0.1) is 13.8 Å². The molecule has 9 aromatic heterocycles. The maximum absolute atomic E-state index is 5.66. The van der Waals surface area contributed by atoms with E-state index in [0.29, 0.717) is 0 Å². The Hall–Kier alpha value is -6.87. The SMILES string of the molecule is CCc1c2[nH]c(c1CC)C1c3[nH]c(cc3C)-c3cccc(n3)-c3cc(C)c([nH]3)C(c3[nH]c(c(CC)c3CC)-c3cccc-2n3)c2[nH]c(c(CC)c2CC)-c2cccc(n2)-c2[nH]c1c(CC)c2CC. The molecule has 6 N–H and O–H groups in total. The van der Waals surface area contributed by atoms with Crippen LogP contribution in [0.4, 0.5) is 0 Å². The first-order valence-electron chi connectivity index (χ1n) is 25.4. The quantitative estimate of drug-likeness (QED) is 0.0907. The number of hydrogen-bond acceptors (Lipinski definition) is 3.